The van der Waals surface area contributed by atoms with Crippen LogP contribution in [0.4, 0.5) is 0 Å². The molecule has 2 rings (SSSR count). The average Bonchev–Trinajstić information content (AvgIpc) is 2.45. The van der Waals surface area contributed by atoms with Crippen LogP contribution in [0, 0.1) is 11.3 Å². The maximum absolute atomic E-state index is 2.48. The van der Waals surface area contributed by atoms with Gasteiger partial charge in [0.05, 0.1) is 0 Å². The Hall–Kier alpha value is -0.520. The minimum atomic E-state index is 0.457. The lowest BCUT2D eigenvalue weighted by molar-refractivity contribution is 0.285. The van der Waals surface area contributed by atoms with Crippen molar-refractivity contribution in [2.75, 3.05) is 0 Å². The first-order chi connectivity index (χ1) is 6.09. The minimum Gasteiger partial charge on any atom is -0.0807 e. The van der Waals surface area contributed by atoms with Gasteiger partial charge in [0, 0.05) is 0 Å². The lowest BCUT2D eigenvalue weighted by Gasteiger charge is -2.29. The molecule has 0 aromatic heterocycles. The third-order valence-electron chi connectivity index (χ3n) is 3.42. The van der Waals surface area contributed by atoms with E-state index in [1.807, 2.05) is 0 Å². The number of hydrogen-bond donors (Lipinski definition) is 0. The SMILES string of the molecule is CC(C)(C)[C@H]1CCC2=CCCC=C21. The molecule has 72 valence electrons. The van der Waals surface area contributed by atoms with E-state index in [2.05, 4.69) is 32.9 Å². The second-order valence-corrected chi connectivity index (χ2v) is 5.42. The fraction of sp³-hybridized carbons (Fsp3) is 0.692. The van der Waals surface area contributed by atoms with Crippen LogP contribution in [-0.4, -0.2) is 0 Å². The summed E-state index contributed by atoms with van der Waals surface area (Å²) in [5, 5.41) is 0. The molecule has 1 saturated carbocycles. The van der Waals surface area contributed by atoms with E-state index in [9.17, 15) is 0 Å². The smallest absolute Gasteiger partial charge is 0.0111 e. The number of allylic oxidation sites excluding steroid dienone is 4. The summed E-state index contributed by atoms with van der Waals surface area (Å²) in [6.45, 7) is 7.11. The van der Waals surface area contributed by atoms with Crippen LogP contribution in [0.3, 0.4) is 0 Å². The molecule has 0 spiro atoms. The third-order valence-corrected chi connectivity index (χ3v) is 3.42. The molecule has 0 aliphatic heterocycles. The van der Waals surface area contributed by atoms with Gasteiger partial charge in [-0.05, 0) is 48.2 Å². The summed E-state index contributed by atoms with van der Waals surface area (Å²) in [6, 6.07) is 0. The molecular weight excluding hydrogens is 156 g/mol. The first-order valence-corrected chi connectivity index (χ1v) is 5.48. The van der Waals surface area contributed by atoms with Crippen molar-refractivity contribution < 1.29 is 0 Å². The van der Waals surface area contributed by atoms with E-state index in [-0.39, 0.29) is 0 Å². The molecule has 0 bridgehead atoms. The topological polar surface area (TPSA) is 0 Å². The van der Waals surface area contributed by atoms with Crippen LogP contribution in [0.1, 0.15) is 46.5 Å². The van der Waals surface area contributed by atoms with E-state index < -0.39 is 0 Å². The zero-order valence-corrected chi connectivity index (χ0v) is 9.06. The number of hydrogen-bond acceptors (Lipinski definition) is 0. The predicted molar refractivity (Wildman–Crippen MR) is 57.6 cm³/mol. The summed E-state index contributed by atoms with van der Waals surface area (Å²) in [4.78, 5) is 0. The molecule has 0 heteroatoms. The van der Waals surface area contributed by atoms with Crippen LogP contribution in [0.15, 0.2) is 23.3 Å². The molecule has 0 unspecified atom stereocenters. The molecule has 1 atom stereocenters. The standard InChI is InChI=1S/C13H20/c1-13(2,3)12-9-8-10-6-4-5-7-11(10)12/h6-7,12H,4-5,8-9H2,1-3H3/t12-/m0/s1. The highest BCUT2D eigenvalue weighted by atomic mass is 14.4. The third kappa shape index (κ3) is 1.59. The molecular formula is C13H20. The number of rotatable bonds is 0. The second kappa shape index (κ2) is 3.01. The van der Waals surface area contributed by atoms with E-state index in [4.69, 9.17) is 0 Å². The van der Waals surface area contributed by atoms with Crippen molar-refractivity contribution in [1.82, 2.24) is 0 Å². The Balaban J connectivity index is 2.27. The minimum absolute atomic E-state index is 0.457. The van der Waals surface area contributed by atoms with E-state index in [1.165, 1.54) is 25.7 Å². The first kappa shape index (κ1) is 9.05. The average molecular weight is 176 g/mol. The zero-order chi connectivity index (χ0) is 9.47. The maximum atomic E-state index is 2.48. The quantitative estimate of drug-likeness (QED) is 0.521. The van der Waals surface area contributed by atoms with E-state index >= 15 is 0 Å². The Morgan fingerprint density at radius 2 is 1.85 bits per heavy atom. The van der Waals surface area contributed by atoms with Gasteiger partial charge < -0.3 is 0 Å². The van der Waals surface area contributed by atoms with E-state index in [0.717, 1.165) is 5.92 Å². The van der Waals surface area contributed by atoms with Crippen molar-refractivity contribution in [2.24, 2.45) is 11.3 Å². The summed E-state index contributed by atoms with van der Waals surface area (Å²) in [6.07, 6.45) is 10.2. The van der Waals surface area contributed by atoms with Gasteiger partial charge in [0.15, 0.2) is 0 Å². The Kier molecular flexibility index (Phi) is 2.09. The molecule has 0 amide bonds. The Labute approximate surface area is 81.7 Å². The molecule has 13 heavy (non-hydrogen) atoms. The van der Waals surface area contributed by atoms with Gasteiger partial charge >= 0.3 is 0 Å². The van der Waals surface area contributed by atoms with Crippen LogP contribution < -0.4 is 0 Å². The Morgan fingerprint density at radius 3 is 2.54 bits per heavy atom. The van der Waals surface area contributed by atoms with Gasteiger partial charge in [0.1, 0.15) is 0 Å². The first-order valence-electron chi connectivity index (χ1n) is 5.48. The molecule has 0 saturated heterocycles. The lowest BCUT2D eigenvalue weighted by atomic mass is 9.76. The largest absolute Gasteiger partial charge is 0.0807 e. The molecule has 0 aromatic rings. The maximum Gasteiger partial charge on any atom is -0.0111 e. The fourth-order valence-electron chi connectivity index (χ4n) is 2.71. The van der Waals surface area contributed by atoms with Gasteiger partial charge in [-0.2, -0.15) is 0 Å². The molecule has 0 radical (unpaired) electrons. The summed E-state index contributed by atoms with van der Waals surface area (Å²) in [5.41, 5.74) is 3.80. The van der Waals surface area contributed by atoms with E-state index in [1.54, 1.807) is 11.1 Å². The van der Waals surface area contributed by atoms with Crippen LogP contribution in [0.2, 0.25) is 0 Å². The molecule has 0 nitrogen and oxygen atoms in total. The highest BCUT2D eigenvalue weighted by Gasteiger charge is 2.34. The van der Waals surface area contributed by atoms with Gasteiger partial charge in [-0.3, -0.25) is 0 Å². The molecule has 0 aromatic carbocycles. The van der Waals surface area contributed by atoms with Gasteiger partial charge in [0.2, 0.25) is 0 Å². The van der Waals surface area contributed by atoms with Crippen molar-refractivity contribution in [3.63, 3.8) is 0 Å². The zero-order valence-electron chi connectivity index (χ0n) is 9.06. The number of fused-ring (bicyclic) bond motifs is 1. The normalized spacial score (nSPS) is 28.1. The van der Waals surface area contributed by atoms with Crippen LogP contribution in [-0.2, 0) is 0 Å². The van der Waals surface area contributed by atoms with Crippen molar-refractivity contribution >= 4 is 0 Å². The highest BCUT2D eigenvalue weighted by Crippen LogP contribution is 2.47. The molecule has 0 heterocycles. The van der Waals surface area contributed by atoms with Gasteiger partial charge in [-0.1, -0.05) is 32.9 Å². The second-order valence-electron chi connectivity index (χ2n) is 5.42. The Bertz CT molecular complexity index is 260. The van der Waals surface area contributed by atoms with Crippen LogP contribution in [0.25, 0.3) is 0 Å². The lowest BCUT2D eigenvalue weighted by Crippen LogP contribution is -2.19. The van der Waals surface area contributed by atoms with Crippen LogP contribution in [0.5, 0.6) is 0 Å². The fourth-order valence-corrected chi connectivity index (χ4v) is 2.71. The van der Waals surface area contributed by atoms with Crippen molar-refractivity contribution in [3.05, 3.63) is 23.3 Å². The van der Waals surface area contributed by atoms with E-state index in [0.29, 0.717) is 5.41 Å². The van der Waals surface area contributed by atoms with Crippen molar-refractivity contribution in [2.45, 2.75) is 46.5 Å². The van der Waals surface area contributed by atoms with Crippen molar-refractivity contribution in [1.29, 1.82) is 0 Å². The summed E-state index contributed by atoms with van der Waals surface area (Å²) in [7, 11) is 0. The monoisotopic (exact) mass is 176 g/mol. The predicted octanol–water partition coefficient (Wildman–Crippen LogP) is 4.09. The van der Waals surface area contributed by atoms with Gasteiger partial charge in [-0.25, -0.2) is 0 Å². The van der Waals surface area contributed by atoms with Crippen molar-refractivity contribution in [3.8, 4) is 0 Å². The molecule has 2 aliphatic rings. The molecule has 2 aliphatic carbocycles. The summed E-state index contributed by atoms with van der Waals surface area (Å²) >= 11 is 0. The van der Waals surface area contributed by atoms with Gasteiger partial charge in [-0.15, -0.1) is 0 Å². The molecule has 1 fully saturated rings. The highest BCUT2D eigenvalue weighted by molar-refractivity contribution is 5.40. The Morgan fingerprint density at radius 1 is 1.15 bits per heavy atom. The molecule has 0 N–H and O–H groups in total. The van der Waals surface area contributed by atoms with Gasteiger partial charge in [0.25, 0.3) is 0 Å². The summed E-state index contributed by atoms with van der Waals surface area (Å²) < 4.78 is 0. The van der Waals surface area contributed by atoms with Crippen LogP contribution >= 0.6 is 0 Å². The summed E-state index contributed by atoms with van der Waals surface area (Å²) in [5.74, 6) is 0.819.